The van der Waals surface area contributed by atoms with E-state index in [1.807, 2.05) is 0 Å². The van der Waals surface area contributed by atoms with Crippen LogP contribution in [0, 0.1) is 0 Å². The fourth-order valence-corrected chi connectivity index (χ4v) is 1.49. The Labute approximate surface area is 111 Å². The monoisotopic (exact) mass is 279 g/mol. The summed E-state index contributed by atoms with van der Waals surface area (Å²) >= 11 is 5.63. The number of phenolic OH excluding ortho intramolecular Hbond substituents is 1. The molecule has 0 spiro atoms. The van der Waals surface area contributed by atoms with E-state index in [4.69, 9.17) is 22.1 Å². The van der Waals surface area contributed by atoms with Crippen LogP contribution in [0.1, 0.15) is 24.1 Å². The highest BCUT2D eigenvalue weighted by Gasteiger charge is 2.17. The number of aromatic hydroxyl groups is 1. The van der Waals surface area contributed by atoms with Gasteiger partial charge in [-0.2, -0.15) is 0 Å². The summed E-state index contributed by atoms with van der Waals surface area (Å²) in [5.41, 5.74) is 6.82. The number of nitrogens with two attached hydrogens (primary N) is 1. The van der Waals surface area contributed by atoms with Crippen molar-refractivity contribution < 1.29 is 14.6 Å². The zero-order valence-corrected chi connectivity index (χ0v) is 10.9. The molecule has 17 heavy (non-hydrogen) atoms. The van der Waals surface area contributed by atoms with Gasteiger partial charge >= 0.3 is 5.97 Å². The lowest BCUT2D eigenvalue weighted by molar-refractivity contribution is -0.144. The van der Waals surface area contributed by atoms with Gasteiger partial charge in [-0.25, -0.2) is 4.79 Å². The Morgan fingerprint density at radius 1 is 1.59 bits per heavy atom. The van der Waals surface area contributed by atoms with E-state index in [0.717, 1.165) is 0 Å². The van der Waals surface area contributed by atoms with E-state index in [0.29, 0.717) is 11.1 Å². The largest absolute Gasteiger partial charge is 0.508 e. The first-order chi connectivity index (χ1) is 7.60. The van der Waals surface area contributed by atoms with E-state index in [1.165, 1.54) is 6.07 Å². The van der Waals surface area contributed by atoms with E-state index < -0.39 is 12.0 Å². The molecule has 0 saturated heterocycles. The molecule has 0 aliphatic heterocycles. The number of esters is 1. The second kappa shape index (κ2) is 7.37. The molecule has 0 heterocycles. The van der Waals surface area contributed by atoms with Crippen LogP contribution in [0.5, 0.6) is 5.75 Å². The van der Waals surface area contributed by atoms with Crippen molar-refractivity contribution in [1.82, 2.24) is 0 Å². The quantitative estimate of drug-likeness (QED) is 0.654. The van der Waals surface area contributed by atoms with Crippen LogP contribution in [-0.2, 0) is 15.4 Å². The molecular weight excluding hydrogens is 265 g/mol. The van der Waals surface area contributed by atoms with Gasteiger partial charge < -0.3 is 15.6 Å². The molecule has 0 aliphatic carbocycles. The fourth-order valence-electron chi connectivity index (χ4n) is 1.27. The fraction of sp³-hybridized carbons (Fsp3) is 0.364. The highest BCUT2D eigenvalue weighted by molar-refractivity contribution is 6.17. The minimum atomic E-state index is -0.845. The van der Waals surface area contributed by atoms with E-state index in [-0.39, 0.29) is 30.6 Å². The van der Waals surface area contributed by atoms with Gasteiger partial charge in [0.1, 0.15) is 11.8 Å². The number of carbonyl (C=O) groups is 1. The van der Waals surface area contributed by atoms with Crippen LogP contribution in [0.4, 0.5) is 0 Å². The first-order valence-electron chi connectivity index (χ1n) is 4.90. The van der Waals surface area contributed by atoms with Crippen molar-refractivity contribution in [3.63, 3.8) is 0 Å². The van der Waals surface area contributed by atoms with Crippen LogP contribution in [0.25, 0.3) is 0 Å². The topological polar surface area (TPSA) is 72.5 Å². The van der Waals surface area contributed by atoms with Gasteiger partial charge in [0.15, 0.2) is 0 Å². The van der Waals surface area contributed by atoms with Crippen LogP contribution in [0.15, 0.2) is 18.2 Å². The molecule has 0 radical (unpaired) electrons. The van der Waals surface area contributed by atoms with Crippen LogP contribution in [-0.4, -0.2) is 17.7 Å². The number of ether oxygens (including phenoxy) is 1. The Bertz CT molecular complexity index is 385. The Hall–Kier alpha value is -0.970. The highest BCUT2D eigenvalue weighted by Crippen LogP contribution is 2.23. The standard InChI is InChI=1S/C11H14ClNO3.ClH/c1-2-16-11(15)10(13)7-3-4-9(14)8(5-7)6-12;/h3-5,10,14H,2,6,13H2,1H3;1H. The minimum Gasteiger partial charge on any atom is -0.508 e. The highest BCUT2D eigenvalue weighted by atomic mass is 35.5. The molecular formula is C11H15Cl2NO3. The van der Waals surface area contributed by atoms with Crippen molar-refractivity contribution in [2.75, 3.05) is 6.61 Å². The smallest absolute Gasteiger partial charge is 0.327 e. The number of benzene rings is 1. The Kier molecular flexibility index (Phi) is 6.95. The molecule has 0 saturated carbocycles. The summed E-state index contributed by atoms with van der Waals surface area (Å²) in [5.74, 6) is -0.238. The van der Waals surface area contributed by atoms with Gasteiger partial charge in [0.2, 0.25) is 0 Å². The molecule has 1 unspecified atom stereocenters. The van der Waals surface area contributed by atoms with E-state index in [2.05, 4.69) is 0 Å². The lowest BCUT2D eigenvalue weighted by Gasteiger charge is -2.12. The number of rotatable bonds is 4. The Morgan fingerprint density at radius 3 is 2.76 bits per heavy atom. The first kappa shape index (κ1) is 16.0. The van der Waals surface area contributed by atoms with Gasteiger partial charge in [0.05, 0.1) is 12.5 Å². The maximum atomic E-state index is 11.4. The Balaban J connectivity index is 0.00000256. The van der Waals surface area contributed by atoms with Gasteiger partial charge in [-0.15, -0.1) is 24.0 Å². The maximum Gasteiger partial charge on any atom is 0.327 e. The third-order valence-electron chi connectivity index (χ3n) is 2.15. The molecule has 0 amide bonds. The maximum absolute atomic E-state index is 11.4. The molecule has 1 aromatic rings. The van der Waals surface area contributed by atoms with Crippen molar-refractivity contribution >= 4 is 30.0 Å². The molecule has 0 fully saturated rings. The first-order valence-corrected chi connectivity index (χ1v) is 5.43. The lowest BCUT2D eigenvalue weighted by atomic mass is 10.0. The third-order valence-corrected chi connectivity index (χ3v) is 2.44. The summed E-state index contributed by atoms with van der Waals surface area (Å²) in [5, 5.41) is 9.42. The molecule has 6 heteroatoms. The predicted molar refractivity (Wildman–Crippen MR) is 68.5 cm³/mol. The summed E-state index contributed by atoms with van der Waals surface area (Å²) in [6.45, 7) is 2.00. The number of phenols is 1. The van der Waals surface area contributed by atoms with E-state index in [9.17, 15) is 9.90 Å². The molecule has 4 nitrogen and oxygen atoms in total. The number of alkyl halides is 1. The molecule has 1 atom stereocenters. The minimum absolute atomic E-state index is 0. The molecule has 0 aliphatic rings. The summed E-state index contributed by atoms with van der Waals surface area (Å²) in [4.78, 5) is 11.4. The summed E-state index contributed by atoms with van der Waals surface area (Å²) in [7, 11) is 0. The second-order valence-corrected chi connectivity index (χ2v) is 3.52. The molecule has 1 aromatic carbocycles. The van der Waals surface area contributed by atoms with Gasteiger partial charge in [-0.05, 0) is 24.6 Å². The van der Waals surface area contributed by atoms with Crippen molar-refractivity contribution in [3.8, 4) is 5.75 Å². The average molecular weight is 280 g/mol. The van der Waals surface area contributed by atoms with Gasteiger partial charge in [0.25, 0.3) is 0 Å². The normalized spacial score (nSPS) is 11.5. The van der Waals surface area contributed by atoms with Crippen molar-refractivity contribution in [2.24, 2.45) is 5.73 Å². The number of hydrogen-bond donors (Lipinski definition) is 2. The zero-order valence-electron chi connectivity index (χ0n) is 9.35. The molecule has 3 N–H and O–H groups in total. The second-order valence-electron chi connectivity index (χ2n) is 3.25. The van der Waals surface area contributed by atoms with Crippen molar-refractivity contribution in [2.45, 2.75) is 18.8 Å². The van der Waals surface area contributed by atoms with Gasteiger partial charge in [-0.1, -0.05) is 6.07 Å². The lowest BCUT2D eigenvalue weighted by Crippen LogP contribution is -2.23. The molecule has 96 valence electrons. The summed E-state index contributed by atoms with van der Waals surface area (Å²) in [6, 6.07) is 3.80. The van der Waals surface area contributed by atoms with E-state index in [1.54, 1.807) is 19.1 Å². The Morgan fingerprint density at radius 2 is 2.24 bits per heavy atom. The zero-order chi connectivity index (χ0) is 12.1. The van der Waals surface area contributed by atoms with Crippen LogP contribution in [0.2, 0.25) is 0 Å². The van der Waals surface area contributed by atoms with Gasteiger partial charge in [-0.3, -0.25) is 0 Å². The number of hydrogen-bond acceptors (Lipinski definition) is 4. The summed E-state index contributed by atoms with van der Waals surface area (Å²) in [6.07, 6.45) is 0. The van der Waals surface area contributed by atoms with Crippen LogP contribution < -0.4 is 5.73 Å². The van der Waals surface area contributed by atoms with Crippen LogP contribution in [0.3, 0.4) is 0 Å². The average Bonchev–Trinajstić information content (AvgIpc) is 2.29. The number of halogens is 2. The summed E-state index contributed by atoms with van der Waals surface area (Å²) < 4.78 is 4.80. The van der Waals surface area contributed by atoms with Crippen LogP contribution >= 0.6 is 24.0 Å². The van der Waals surface area contributed by atoms with E-state index >= 15 is 0 Å². The predicted octanol–water partition coefficient (Wildman–Crippen LogP) is 2.12. The molecule has 0 bridgehead atoms. The molecule has 0 aromatic heterocycles. The SMILES string of the molecule is CCOC(=O)C(N)c1ccc(O)c(CCl)c1.Cl. The molecule has 1 rings (SSSR count). The van der Waals surface area contributed by atoms with Crippen molar-refractivity contribution in [3.05, 3.63) is 29.3 Å². The van der Waals surface area contributed by atoms with Crippen molar-refractivity contribution in [1.29, 1.82) is 0 Å². The number of carbonyl (C=O) groups excluding carboxylic acids is 1. The third kappa shape index (κ3) is 4.07. The van der Waals surface area contributed by atoms with Gasteiger partial charge in [0, 0.05) is 5.56 Å².